The van der Waals surface area contributed by atoms with E-state index in [0.29, 0.717) is 22.8 Å². The summed E-state index contributed by atoms with van der Waals surface area (Å²) in [7, 11) is 4.55. The molecule has 0 saturated carbocycles. The van der Waals surface area contributed by atoms with Gasteiger partial charge in [-0.3, -0.25) is 0 Å². The average Bonchev–Trinajstić information content (AvgIpc) is 2.82. The van der Waals surface area contributed by atoms with Crippen LogP contribution in [-0.4, -0.2) is 33.9 Å². The molecule has 0 fully saturated rings. The Morgan fingerprint density at radius 1 is 0.686 bits per heavy atom. The molecular weight excluding hydrogens is 440 g/mol. The van der Waals surface area contributed by atoms with Gasteiger partial charge in [0.15, 0.2) is 11.5 Å². The van der Waals surface area contributed by atoms with E-state index < -0.39 is 5.97 Å². The first-order valence-corrected chi connectivity index (χ1v) is 12.3. The van der Waals surface area contributed by atoms with Gasteiger partial charge in [-0.1, -0.05) is 40.5 Å². The highest BCUT2D eigenvalue weighted by Crippen LogP contribution is 2.38. The lowest BCUT2D eigenvalue weighted by molar-refractivity contribution is 0.0548. The first kappa shape index (κ1) is 30.1. The van der Waals surface area contributed by atoms with Crippen molar-refractivity contribution in [3.05, 3.63) is 64.3 Å². The molecule has 1 rings (SSSR count). The minimum atomic E-state index is -0.437. The molecule has 0 spiro atoms. The number of esters is 1. The van der Waals surface area contributed by atoms with Gasteiger partial charge in [0, 0.05) is 0 Å². The summed E-state index contributed by atoms with van der Waals surface area (Å²) in [6.07, 6.45) is 15.3. The Bertz CT molecular complexity index is 905. The molecule has 0 aliphatic carbocycles. The van der Waals surface area contributed by atoms with Crippen molar-refractivity contribution in [2.45, 2.75) is 73.1 Å². The van der Waals surface area contributed by atoms with Gasteiger partial charge >= 0.3 is 5.97 Å². The Balaban J connectivity index is 2.47. The van der Waals surface area contributed by atoms with Gasteiger partial charge in [0.1, 0.15) is 6.61 Å². The zero-order valence-corrected chi connectivity index (χ0v) is 23.0. The highest BCUT2D eigenvalue weighted by Gasteiger charge is 2.17. The predicted octanol–water partition coefficient (Wildman–Crippen LogP) is 8.01. The minimum absolute atomic E-state index is 0.223. The van der Waals surface area contributed by atoms with Crippen LogP contribution in [0.5, 0.6) is 17.2 Å². The molecule has 0 N–H and O–H groups in total. The number of hydrogen-bond acceptors (Lipinski definition) is 5. The first-order valence-electron chi connectivity index (χ1n) is 12.3. The number of carbonyl (C=O) groups is 1. The third-order valence-corrected chi connectivity index (χ3v) is 5.70. The van der Waals surface area contributed by atoms with E-state index >= 15 is 0 Å². The Hall–Kier alpha value is -2.95. The van der Waals surface area contributed by atoms with E-state index in [9.17, 15) is 4.79 Å². The number of methoxy groups -OCH3 is 3. The summed E-state index contributed by atoms with van der Waals surface area (Å²) in [4.78, 5) is 12.5. The Labute approximate surface area is 212 Å². The van der Waals surface area contributed by atoms with Crippen molar-refractivity contribution >= 4 is 5.97 Å². The molecule has 0 bridgehead atoms. The van der Waals surface area contributed by atoms with Crippen LogP contribution in [0.4, 0.5) is 0 Å². The van der Waals surface area contributed by atoms with Crippen LogP contribution >= 0.6 is 0 Å². The molecule has 5 nitrogen and oxygen atoms in total. The third-order valence-electron chi connectivity index (χ3n) is 5.70. The summed E-state index contributed by atoms with van der Waals surface area (Å²) < 4.78 is 21.3. The number of rotatable bonds is 15. The smallest absolute Gasteiger partial charge is 0.338 e. The van der Waals surface area contributed by atoms with Crippen LogP contribution in [0, 0.1) is 0 Å². The second-order valence-electron chi connectivity index (χ2n) is 9.06. The SMILES string of the molecule is COc1cc(C(=O)OCC=C(C)CCC=C(C)CCC=C(C)CCC=C(C)C)cc(OC)c1OC. The van der Waals surface area contributed by atoms with Gasteiger partial charge in [0.05, 0.1) is 26.9 Å². The lowest BCUT2D eigenvalue weighted by Gasteiger charge is -2.13. The standard InChI is InChI=1S/C30H44O5/c1-22(2)12-9-13-23(3)14-10-15-24(4)16-11-17-25(5)18-19-35-30(31)26-20-27(32-6)29(34-8)28(21-26)33-7/h12,14,16,18,20-21H,9-11,13,15,17,19H2,1-8H3. The maximum absolute atomic E-state index is 12.5. The van der Waals surface area contributed by atoms with Crippen molar-refractivity contribution in [2.75, 3.05) is 27.9 Å². The van der Waals surface area contributed by atoms with E-state index in [1.54, 1.807) is 12.1 Å². The molecule has 0 radical (unpaired) electrons. The van der Waals surface area contributed by atoms with Gasteiger partial charge in [0.25, 0.3) is 0 Å². The fourth-order valence-electron chi connectivity index (χ4n) is 3.53. The summed E-state index contributed by atoms with van der Waals surface area (Å²) >= 11 is 0. The molecule has 1 aromatic carbocycles. The van der Waals surface area contributed by atoms with Crippen LogP contribution in [0.3, 0.4) is 0 Å². The molecule has 0 aliphatic heterocycles. The monoisotopic (exact) mass is 484 g/mol. The lowest BCUT2D eigenvalue weighted by Crippen LogP contribution is -2.07. The van der Waals surface area contributed by atoms with E-state index in [1.807, 2.05) is 6.08 Å². The molecule has 0 unspecified atom stereocenters. The molecule has 0 saturated heterocycles. The van der Waals surface area contributed by atoms with Crippen molar-refractivity contribution in [2.24, 2.45) is 0 Å². The fourth-order valence-corrected chi connectivity index (χ4v) is 3.53. The quantitative estimate of drug-likeness (QED) is 0.186. The van der Waals surface area contributed by atoms with Gasteiger partial charge in [0.2, 0.25) is 5.75 Å². The fraction of sp³-hybridized carbons (Fsp3) is 0.500. The molecule has 0 atom stereocenters. The summed E-state index contributed by atoms with van der Waals surface area (Å²) in [5.41, 5.74) is 5.82. The lowest BCUT2D eigenvalue weighted by atomic mass is 10.0. The van der Waals surface area contributed by atoms with E-state index in [-0.39, 0.29) is 6.61 Å². The number of hydrogen-bond donors (Lipinski definition) is 0. The van der Waals surface area contributed by atoms with Crippen LogP contribution in [0.2, 0.25) is 0 Å². The normalized spacial score (nSPS) is 12.3. The van der Waals surface area contributed by atoms with Gasteiger partial charge in [-0.15, -0.1) is 0 Å². The van der Waals surface area contributed by atoms with E-state index in [0.717, 1.165) is 38.5 Å². The van der Waals surface area contributed by atoms with Crippen LogP contribution in [0.15, 0.2) is 58.7 Å². The van der Waals surface area contributed by atoms with Gasteiger partial charge in [-0.05, 0) is 91.4 Å². The van der Waals surface area contributed by atoms with Crippen molar-refractivity contribution in [1.29, 1.82) is 0 Å². The number of carbonyl (C=O) groups excluding carboxylic acids is 1. The molecular formula is C30H44O5. The molecule has 35 heavy (non-hydrogen) atoms. The Morgan fingerprint density at radius 3 is 1.57 bits per heavy atom. The zero-order chi connectivity index (χ0) is 26.2. The Morgan fingerprint density at radius 2 is 1.14 bits per heavy atom. The summed E-state index contributed by atoms with van der Waals surface area (Å²) in [6.45, 7) is 11.0. The summed E-state index contributed by atoms with van der Waals surface area (Å²) in [5, 5.41) is 0. The Kier molecular flexibility index (Phi) is 14.3. The van der Waals surface area contributed by atoms with Gasteiger partial charge in [-0.2, -0.15) is 0 Å². The van der Waals surface area contributed by atoms with Crippen LogP contribution in [0.25, 0.3) is 0 Å². The minimum Gasteiger partial charge on any atom is -0.493 e. The van der Waals surface area contributed by atoms with E-state index in [4.69, 9.17) is 18.9 Å². The number of allylic oxidation sites excluding steroid dienone is 7. The largest absolute Gasteiger partial charge is 0.493 e. The van der Waals surface area contributed by atoms with Crippen molar-refractivity contribution < 1.29 is 23.7 Å². The van der Waals surface area contributed by atoms with Crippen LogP contribution in [-0.2, 0) is 4.74 Å². The van der Waals surface area contributed by atoms with Gasteiger partial charge < -0.3 is 18.9 Å². The second kappa shape index (κ2) is 16.6. The molecule has 0 amide bonds. The van der Waals surface area contributed by atoms with Crippen molar-refractivity contribution in [1.82, 2.24) is 0 Å². The molecule has 5 heteroatoms. The molecule has 0 heterocycles. The molecule has 0 aromatic heterocycles. The van der Waals surface area contributed by atoms with E-state index in [2.05, 4.69) is 52.8 Å². The van der Waals surface area contributed by atoms with Crippen LogP contribution in [0.1, 0.15) is 83.5 Å². The zero-order valence-electron chi connectivity index (χ0n) is 23.0. The van der Waals surface area contributed by atoms with Crippen molar-refractivity contribution in [3.8, 4) is 17.2 Å². The maximum Gasteiger partial charge on any atom is 0.338 e. The van der Waals surface area contributed by atoms with E-state index in [1.165, 1.54) is 43.6 Å². The summed E-state index contributed by atoms with van der Waals surface area (Å²) in [6, 6.07) is 3.18. The highest BCUT2D eigenvalue weighted by atomic mass is 16.5. The molecule has 194 valence electrons. The number of benzene rings is 1. The topological polar surface area (TPSA) is 54.0 Å². The highest BCUT2D eigenvalue weighted by molar-refractivity contribution is 5.91. The number of ether oxygens (including phenoxy) is 4. The first-order chi connectivity index (χ1) is 16.7. The second-order valence-corrected chi connectivity index (χ2v) is 9.06. The summed E-state index contributed by atoms with van der Waals surface area (Å²) in [5.74, 6) is 0.841. The third kappa shape index (κ3) is 11.8. The maximum atomic E-state index is 12.5. The van der Waals surface area contributed by atoms with Crippen LogP contribution < -0.4 is 14.2 Å². The average molecular weight is 485 g/mol. The predicted molar refractivity (Wildman–Crippen MR) is 145 cm³/mol. The molecule has 1 aromatic rings. The molecule has 0 aliphatic rings. The van der Waals surface area contributed by atoms with Crippen molar-refractivity contribution in [3.63, 3.8) is 0 Å². The van der Waals surface area contributed by atoms with Gasteiger partial charge in [-0.25, -0.2) is 4.79 Å².